The number of aryl methyl sites for hydroxylation is 4. The van der Waals surface area contributed by atoms with E-state index in [0.717, 1.165) is 78.5 Å². The first-order valence-corrected chi connectivity index (χ1v) is 15.7. The van der Waals surface area contributed by atoms with Crippen molar-refractivity contribution in [3.63, 3.8) is 0 Å². The topological polar surface area (TPSA) is 39.5 Å². The fourth-order valence-electron chi connectivity index (χ4n) is 6.12. The Labute approximate surface area is 246 Å². The maximum atomic E-state index is 6.35. The van der Waals surface area contributed by atoms with Crippen LogP contribution in [-0.4, -0.2) is 40.7 Å². The Bertz CT molecular complexity index is 1420. The summed E-state index contributed by atoms with van der Waals surface area (Å²) >= 11 is 0. The van der Waals surface area contributed by atoms with Crippen molar-refractivity contribution in [1.29, 1.82) is 0 Å². The molecule has 3 aromatic carbocycles. The second-order valence-corrected chi connectivity index (χ2v) is 11.8. The van der Waals surface area contributed by atoms with Crippen LogP contribution in [0, 0.1) is 13.8 Å². The maximum absolute atomic E-state index is 6.35. The summed E-state index contributed by atoms with van der Waals surface area (Å²) in [5.74, 6) is 3.73. The lowest BCUT2D eigenvalue weighted by Crippen LogP contribution is -2.26. The summed E-state index contributed by atoms with van der Waals surface area (Å²) < 4.78 is 15.0. The standard InChI is InChI=1S/C36H47N3O2/c1-6-8-11-28-13-15-31(16-14-28)41-32-17-18-33-34(25-32)39(21-9-7-2)36(37-33)29-23-26(3)35(27(4)24-29)40-22-19-30-12-10-20-38(30)5/h13-18,23-25,30H,6-12,19-22H2,1-5H3. The van der Waals surface area contributed by atoms with E-state index in [4.69, 9.17) is 14.5 Å². The van der Waals surface area contributed by atoms with Crippen LogP contribution in [0.1, 0.15) is 75.5 Å². The van der Waals surface area contributed by atoms with Crippen molar-refractivity contribution in [3.05, 3.63) is 71.3 Å². The zero-order valence-electron chi connectivity index (χ0n) is 25.7. The van der Waals surface area contributed by atoms with Gasteiger partial charge in [-0.2, -0.15) is 0 Å². The fraction of sp³-hybridized carbons (Fsp3) is 0.472. The van der Waals surface area contributed by atoms with E-state index in [9.17, 15) is 0 Å². The van der Waals surface area contributed by atoms with Crippen molar-refractivity contribution >= 4 is 11.0 Å². The molecule has 0 radical (unpaired) electrons. The average molecular weight is 554 g/mol. The molecule has 0 bridgehead atoms. The molecule has 5 heteroatoms. The molecule has 0 N–H and O–H groups in total. The SMILES string of the molecule is CCCCc1ccc(Oc2ccc3nc(-c4cc(C)c(OCCC5CCCN5C)c(C)c4)n(CCCC)c3c2)cc1. The van der Waals surface area contributed by atoms with Crippen LogP contribution in [0.4, 0.5) is 0 Å². The third-order valence-corrected chi connectivity index (χ3v) is 8.52. The van der Waals surface area contributed by atoms with Crippen molar-refractivity contribution < 1.29 is 9.47 Å². The summed E-state index contributed by atoms with van der Waals surface area (Å²) in [7, 11) is 2.23. The molecule has 1 aliphatic rings. The van der Waals surface area contributed by atoms with Crippen molar-refractivity contribution in [1.82, 2.24) is 14.5 Å². The lowest BCUT2D eigenvalue weighted by Gasteiger charge is -2.20. The summed E-state index contributed by atoms with van der Waals surface area (Å²) in [6.07, 6.45) is 9.42. The number of rotatable bonds is 13. The van der Waals surface area contributed by atoms with Crippen molar-refractivity contribution in [2.24, 2.45) is 0 Å². The van der Waals surface area contributed by atoms with Gasteiger partial charge in [0.1, 0.15) is 23.1 Å². The summed E-state index contributed by atoms with van der Waals surface area (Å²) in [6.45, 7) is 11.7. The third kappa shape index (κ3) is 6.95. The van der Waals surface area contributed by atoms with Crippen molar-refractivity contribution in [3.8, 4) is 28.6 Å². The molecule has 1 aromatic heterocycles. The molecule has 1 fully saturated rings. The molecule has 218 valence electrons. The average Bonchev–Trinajstić information content (AvgIpc) is 3.55. The third-order valence-electron chi connectivity index (χ3n) is 8.52. The second-order valence-electron chi connectivity index (χ2n) is 11.8. The first-order chi connectivity index (χ1) is 20.0. The van der Waals surface area contributed by atoms with Crippen LogP contribution in [-0.2, 0) is 13.0 Å². The minimum Gasteiger partial charge on any atom is -0.493 e. The minimum absolute atomic E-state index is 0.646. The predicted molar refractivity (Wildman–Crippen MR) is 170 cm³/mol. The number of likely N-dealkylation sites (tertiary alicyclic amines) is 1. The van der Waals surface area contributed by atoms with Gasteiger partial charge in [-0.05, 0) is 119 Å². The van der Waals surface area contributed by atoms with E-state index in [1.165, 1.54) is 48.9 Å². The number of benzene rings is 3. The van der Waals surface area contributed by atoms with E-state index in [1.54, 1.807) is 0 Å². The van der Waals surface area contributed by atoms with E-state index in [0.29, 0.717) is 6.04 Å². The zero-order chi connectivity index (χ0) is 28.8. The van der Waals surface area contributed by atoms with Gasteiger partial charge in [-0.3, -0.25) is 0 Å². The highest BCUT2D eigenvalue weighted by Gasteiger charge is 2.21. The Morgan fingerprint density at radius 1 is 0.902 bits per heavy atom. The van der Waals surface area contributed by atoms with Gasteiger partial charge in [0.2, 0.25) is 0 Å². The number of unbranched alkanes of at least 4 members (excludes halogenated alkanes) is 2. The van der Waals surface area contributed by atoms with Crippen molar-refractivity contribution in [2.45, 2.75) is 91.6 Å². The Hall–Kier alpha value is -3.31. The highest BCUT2D eigenvalue weighted by Crippen LogP contribution is 2.34. The molecule has 1 atom stereocenters. The summed E-state index contributed by atoms with van der Waals surface area (Å²) in [5, 5.41) is 0. The molecule has 4 aromatic rings. The highest BCUT2D eigenvalue weighted by atomic mass is 16.5. The first-order valence-electron chi connectivity index (χ1n) is 15.7. The van der Waals surface area contributed by atoms with Crippen molar-refractivity contribution in [2.75, 3.05) is 20.2 Å². The van der Waals surface area contributed by atoms with E-state index in [-0.39, 0.29) is 0 Å². The molecule has 0 aliphatic carbocycles. The number of imidazole rings is 1. The number of hydrogen-bond donors (Lipinski definition) is 0. The molecular weight excluding hydrogens is 506 g/mol. The molecule has 1 aliphatic heterocycles. The molecule has 0 saturated carbocycles. The molecule has 0 spiro atoms. The molecular formula is C36H47N3O2. The molecule has 41 heavy (non-hydrogen) atoms. The lowest BCUT2D eigenvalue weighted by molar-refractivity contribution is 0.232. The van der Waals surface area contributed by atoms with Gasteiger partial charge in [-0.25, -0.2) is 4.98 Å². The number of nitrogens with zero attached hydrogens (tertiary/aromatic N) is 3. The van der Waals surface area contributed by atoms with Crippen LogP contribution < -0.4 is 9.47 Å². The van der Waals surface area contributed by atoms with Gasteiger partial charge in [-0.15, -0.1) is 0 Å². The van der Waals surface area contributed by atoms with Crippen LogP contribution in [0.2, 0.25) is 0 Å². The van der Waals surface area contributed by atoms with E-state index in [2.05, 4.69) is 92.7 Å². The molecule has 1 unspecified atom stereocenters. The number of aromatic nitrogens is 2. The van der Waals surface area contributed by atoms with Gasteiger partial charge in [-0.1, -0.05) is 38.8 Å². The molecule has 1 saturated heterocycles. The zero-order valence-corrected chi connectivity index (χ0v) is 25.7. The summed E-state index contributed by atoms with van der Waals surface area (Å²) in [6, 6.07) is 19.9. The predicted octanol–water partition coefficient (Wildman–Crippen LogP) is 9.12. The Balaban J connectivity index is 1.38. The van der Waals surface area contributed by atoms with Crippen LogP contribution in [0.3, 0.4) is 0 Å². The van der Waals surface area contributed by atoms with Gasteiger partial charge in [0.15, 0.2) is 0 Å². The lowest BCUT2D eigenvalue weighted by atomic mass is 10.0. The molecule has 0 amide bonds. The minimum atomic E-state index is 0.646. The largest absolute Gasteiger partial charge is 0.493 e. The number of hydrogen-bond acceptors (Lipinski definition) is 4. The van der Waals surface area contributed by atoms with E-state index in [1.807, 2.05) is 6.07 Å². The van der Waals surface area contributed by atoms with Gasteiger partial charge in [0, 0.05) is 24.2 Å². The van der Waals surface area contributed by atoms with E-state index >= 15 is 0 Å². The van der Waals surface area contributed by atoms with Crippen LogP contribution in [0.25, 0.3) is 22.4 Å². The smallest absolute Gasteiger partial charge is 0.141 e. The van der Waals surface area contributed by atoms with Crippen LogP contribution in [0.15, 0.2) is 54.6 Å². The maximum Gasteiger partial charge on any atom is 0.141 e. The Morgan fingerprint density at radius 3 is 2.32 bits per heavy atom. The summed E-state index contributed by atoms with van der Waals surface area (Å²) in [5.41, 5.74) is 6.94. The molecule has 5 rings (SSSR count). The van der Waals surface area contributed by atoms with Gasteiger partial charge < -0.3 is 18.9 Å². The monoisotopic (exact) mass is 553 g/mol. The summed E-state index contributed by atoms with van der Waals surface area (Å²) in [4.78, 5) is 7.59. The fourth-order valence-corrected chi connectivity index (χ4v) is 6.12. The number of ether oxygens (including phenoxy) is 2. The number of fused-ring (bicyclic) bond motifs is 1. The molecule has 2 heterocycles. The molecule has 5 nitrogen and oxygen atoms in total. The van der Waals surface area contributed by atoms with Crippen LogP contribution >= 0.6 is 0 Å². The van der Waals surface area contributed by atoms with Crippen LogP contribution in [0.5, 0.6) is 17.2 Å². The highest BCUT2D eigenvalue weighted by molar-refractivity contribution is 5.82. The Morgan fingerprint density at radius 2 is 1.63 bits per heavy atom. The second kappa shape index (κ2) is 13.6. The van der Waals surface area contributed by atoms with E-state index < -0.39 is 0 Å². The van der Waals surface area contributed by atoms with Gasteiger partial charge in [0.25, 0.3) is 0 Å². The Kier molecular flexibility index (Phi) is 9.66. The van der Waals surface area contributed by atoms with Gasteiger partial charge in [0.05, 0.1) is 17.6 Å². The van der Waals surface area contributed by atoms with Gasteiger partial charge >= 0.3 is 0 Å². The normalized spacial score (nSPS) is 15.6. The first kappa shape index (κ1) is 29.2. The quantitative estimate of drug-likeness (QED) is 0.165.